The van der Waals surface area contributed by atoms with Gasteiger partial charge in [0.25, 0.3) is 0 Å². The third-order valence-electron chi connectivity index (χ3n) is 7.83. The topological polar surface area (TPSA) is 24.5 Å². The average Bonchev–Trinajstić information content (AvgIpc) is 3.21. The Kier molecular flexibility index (Phi) is 6.50. The monoisotopic (exact) mass is 454 g/mol. The SMILES string of the molecule is Cc1cc(C)c2c(c1C)O[C@](C)(CN1CCC(NC(c3ccccc3)c3ccccc3)CC1)C2. The van der Waals surface area contributed by atoms with Crippen LogP contribution in [0.4, 0.5) is 0 Å². The maximum Gasteiger partial charge on any atom is 0.126 e. The Labute approximate surface area is 205 Å². The zero-order chi connectivity index (χ0) is 23.7. The zero-order valence-electron chi connectivity index (χ0n) is 21.1. The predicted molar refractivity (Wildman–Crippen MR) is 141 cm³/mol. The molecule has 178 valence electrons. The van der Waals surface area contributed by atoms with E-state index in [9.17, 15) is 0 Å². The minimum Gasteiger partial charge on any atom is -0.485 e. The molecule has 1 N–H and O–H groups in total. The molecule has 34 heavy (non-hydrogen) atoms. The van der Waals surface area contributed by atoms with Gasteiger partial charge in [-0.15, -0.1) is 0 Å². The molecule has 5 rings (SSSR count). The van der Waals surface area contributed by atoms with E-state index in [0.717, 1.165) is 44.6 Å². The summed E-state index contributed by atoms with van der Waals surface area (Å²) < 4.78 is 6.64. The van der Waals surface area contributed by atoms with Crippen LogP contribution in [0.3, 0.4) is 0 Å². The normalized spacial score (nSPS) is 21.0. The van der Waals surface area contributed by atoms with E-state index in [1.165, 1.54) is 33.4 Å². The van der Waals surface area contributed by atoms with Crippen molar-refractivity contribution in [2.75, 3.05) is 19.6 Å². The van der Waals surface area contributed by atoms with Crippen molar-refractivity contribution < 1.29 is 4.74 Å². The molecule has 1 saturated heterocycles. The summed E-state index contributed by atoms with van der Waals surface area (Å²) in [5.74, 6) is 1.14. The number of nitrogens with one attached hydrogen (secondary N) is 1. The summed E-state index contributed by atoms with van der Waals surface area (Å²) in [5.41, 5.74) is 7.96. The van der Waals surface area contributed by atoms with Crippen molar-refractivity contribution in [1.82, 2.24) is 10.2 Å². The molecule has 3 nitrogen and oxygen atoms in total. The summed E-state index contributed by atoms with van der Waals surface area (Å²) >= 11 is 0. The molecule has 0 spiro atoms. The van der Waals surface area contributed by atoms with Crippen LogP contribution in [0.25, 0.3) is 0 Å². The van der Waals surface area contributed by atoms with Gasteiger partial charge in [0, 0.05) is 24.6 Å². The lowest BCUT2D eigenvalue weighted by molar-refractivity contribution is 0.0501. The predicted octanol–water partition coefficient (Wildman–Crippen LogP) is 6.15. The number of piperidine rings is 1. The number of fused-ring (bicyclic) bond motifs is 1. The molecule has 2 heterocycles. The molecule has 0 bridgehead atoms. The Bertz CT molecular complexity index is 1080. The van der Waals surface area contributed by atoms with Gasteiger partial charge in [0.05, 0.1) is 6.04 Å². The van der Waals surface area contributed by atoms with Gasteiger partial charge >= 0.3 is 0 Å². The molecule has 0 saturated carbocycles. The Morgan fingerprint density at radius 2 is 1.50 bits per heavy atom. The Hall–Kier alpha value is -2.62. The van der Waals surface area contributed by atoms with Gasteiger partial charge in [-0.1, -0.05) is 66.7 Å². The van der Waals surface area contributed by atoms with Crippen molar-refractivity contribution in [3.63, 3.8) is 0 Å². The van der Waals surface area contributed by atoms with E-state index in [0.29, 0.717) is 6.04 Å². The first-order valence-electron chi connectivity index (χ1n) is 12.8. The summed E-state index contributed by atoms with van der Waals surface area (Å²) in [4.78, 5) is 2.61. The lowest BCUT2D eigenvalue weighted by Crippen LogP contribution is -2.50. The first-order valence-corrected chi connectivity index (χ1v) is 12.8. The van der Waals surface area contributed by atoms with Crippen molar-refractivity contribution in [3.05, 3.63) is 100 Å². The second-order valence-electron chi connectivity index (χ2n) is 10.6. The van der Waals surface area contributed by atoms with Gasteiger partial charge in [0.15, 0.2) is 0 Å². The number of ether oxygens (including phenoxy) is 1. The van der Waals surface area contributed by atoms with E-state index < -0.39 is 0 Å². The number of likely N-dealkylation sites (tertiary alicyclic amines) is 1. The van der Waals surface area contributed by atoms with Crippen molar-refractivity contribution in [3.8, 4) is 5.75 Å². The van der Waals surface area contributed by atoms with Crippen LogP contribution in [0, 0.1) is 20.8 Å². The number of rotatable bonds is 6. The Balaban J connectivity index is 1.22. The van der Waals surface area contributed by atoms with Crippen molar-refractivity contribution in [2.45, 2.75) is 64.6 Å². The molecular formula is C31H38N2O. The van der Waals surface area contributed by atoms with Gasteiger partial charge in [-0.05, 0) is 81.4 Å². The van der Waals surface area contributed by atoms with Crippen molar-refractivity contribution >= 4 is 0 Å². The number of hydrogen-bond donors (Lipinski definition) is 1. The first-order chi connectivity index (χ1) is 16.4. The van der Waals surface area contributed by atoms with Gasteiger partial charge < -0.3 is 10.1 Å². The summed E-state index contributed by atoms with van der Waals surface area (Å²) in [6.45, 7) is 12.1. The molecule has 2 aliphatic rings. The van der Waals surface area contributed by atoms with Crippen LogP contribution in [-0.2, 0) is 6.42 Å². The molecule has 0 aromatic heterocycles. The molecule has 3 aromatic rings. The second-order valence-corrected chi connectivity index (χ2v) is 10.6. The van der Waals surface area contributed by atoms with E-state index in [1.807, 2.05) is 0 Å². The molecule has 1 atom stereocenters. The van der Waals surface area contributed by atoms with E-state index in [4.69, 9.17) is 4.74 Å². The van der Waals surface area contributed by atoms with Crippen LogP contribution >= 0.6 is 0 Å². The number of aryl methyl sites for hydroxylation is 2. The fourth-order valence-corrected chi connectivity index (χ4v) is 5.85. The molecule has 2 aliphatic heterocycles. The highest BCUT2D eigenvalue weighted by atomic mass is 16.5. The third-order valence-corrected chi connectivity index (χ3v) is 7.83. The maximum atomic E-state index is 6.64. The summed E-state index contributed by atoms with van der Waals surface area (Å²) in [6, 6.07) is 24.8. The summed E-state index contributed by atoms with van der Waals surface area (Å²) in [6.07, 6.45) is 3.34. The van der Waals surface area contributed by atoms with E-state index in [-0.39, 0.29) is 11.6 Å². The average molecular weight is 455 g/mol. The third kappa shape index (κ3) is 4.78. The van der Waals surface area contributed by atoms with E-state index in [2.05, 4.69) is 105 Å². The Morgan fingerprint density at radius 1 is 0.912 bits per heavy atom. The lowest BCUT2D eigenvalue weighted by atomic mass is 9.92. The maximum absolute atomic E-state index is 6.64. The largest absolute Gasteiger partial charge is 0.485 e. The van der Waals surface area contributed by atoms with E-state index >= 15 is 0 Å². The molecule has 0 aliphatic carbocycles. The second kappa shape index (κ2) is 9.56. The summed E-state index contributed by atoms with van der Waals surface area (Å²) in [5, 5.41) is 3.99. The van der Waals surface area contributed by atoms with Crippen molar-refractivity contribution in [1.29, 1.82) is 0 Å². The van der Waals surface area contributed by atoms with E-state index in [1.54, 1.807) is 0 Å². The highest BCUT2D eigenvalue weighted by molar-refractivity contribution is 5.53. The number of nitrogens with zero attached hydrogens (tertiary/aromatic N) is 1. The minimum atomic E-state index is -0.136. The smallest absolute Gasteiger partial charge is 0.126 e. The van der Waals surface area contributed by atoms with Crippen LogP contribution in [0.2, 0.25) is 0 Å². The van der Waals surface area contributed by atoms with Gasteiger partial charge in [-0.2, -0.15) is 0 Å². The number of hydrogen-bond acceptors (Lipinski definition) is 3. The fourth-order valence-electron chi connectivity index (χ4n) is 5.85. The minimum absolute atomic E-state index is 0.136. The van der Waals surface area contributed by atoms with Crippen LogP contribution in [-0.4, -0.2) is 36.2 Å². The first kappa shape index (κ1) is 23.1. The summed E-state index contributed by atoms with van der Waals surface area (Å²) in [7, 11) is 0. The highest BCUT2D eigenvalue weighted by Crippen LogP contribution is 2.41. The molecule has 3 aromatic carbocycles. The fraction of sp³-hybridized carbons (Fsp3) is 0.419. The standard InChI is InChI=1S/C31H38N2O/c1-22-19-23(2)28-20-31(4,34-30(28)24(22)3)21-33-17-15-27(16-18-33)32-29(25-11-7-5-8-12-25)26-13-9-6-10-14-26/h5-14,19,27,29,32H,15-18,20-21H2,1-4H3/t31-/m0/s1. The number of benzene rings is 3. The molecular weight excluding hydrogens is 416 g/mol. The molecule has 3 heteroatoms. The van der Waals surface area contributed by atoms with Gasteiger partial charge in [0.2, 0.25) is 0 Å². The van der Waals surface area contributed by atoms with Crippen LogP contribution in [0.15, 0.2) is 66.7 Å². The molecule has 0 unspecified atom stereocenters. The van der Waals surface area contributed by atoms with Gasteiger partial charge in [-0.3, -0.25) is 4.90 Å². The zero-order valence-corrected chi connectivity index (χ0v) is 21.1. The molecule has 0 radical (unpaired) electrons. The molecule has 1 fully saturated rings. The van der Waals surface area contributed by atoms with Gasteiger partial charge in [-0.25, -0.2) is 0 Å². The van der Waals surface area contributed by atoms with Crippen LogP contribution < -0.4 is 10.1 Å². The van der Waals surface area contributed by atoms with Gasteiger partial charge in [0.1, 0.15) is 11.4 Å². The lowest BCUT2D eigenvalue weighted by Gasteiger charge is -2.38. The van der Waals surface area contributed by atoms with Crippen molar-refractivity contribution in [2.24, 2.45) is 0 Å². The van der Waals surface area contributed by atoms with Crippen LogP contribution in [0.5, 0.6) is 5.75 Å². The molecule has 0 amide bonds. The Morgan fingerprint density at radius 3 is 2.09 bits per heavy atom. The highest BCUT2D eigenvalue weighted by Gasteiger charge is 2.39. The quantitative estimate of drug-likeness (QED) is 0.483. The van der Waals surface area contributed by atoms with Crippen LogP contribution in [0.1, 0.15) is 59.2 Å².